The summed E-state index contributed by atoms with van der Waals surface area (Å²) in [6.45, 7) is 0. The minimum atomic E-state index is -1.11. The molecule has 0 amide bonds. The van der Waals surface area contributed by atoms with Gasteiger partial charge < -0.3 is 10.8 Å². The first-order chi connectivity index (χ1) is 6.61. The van der Waals surface area contributed by atoms with Gasteiger partial charge in [-0.05, 0) is 15.9 Å². The number of nitrogens with zero attached hydrogens (tertiary/aromatic N) is 3. The van der Waals surface area contributed by atoms with Crippen LogP contribution in [0.25, 0.3) is 5.65 Å². The smallest absolute Gasteiger partial charge is 0.340 e. The van der Waals surface area contributed by atoms with Gasteiger partial charge in [-0.25, -0.2) is 14.8 Å². The SMILES string of the molecule is Nc1c(C(=O)O)cnc2c(Br)ncn12. The summed E-state index contributed by atoms with van der Waals surface area (Å²) in [4.78, 5) is 18.5. The van der Waals surface area contributed by atoms with Crippen molar-refractivity contribution < 1.29 is 9.90 Å². The average molecular weight is 257 g/mol. The Morgan fingerprint density at radius 3 is 2.93 bits per heavy atom. The van der Waals surface area contributed by atoms with Crippen molar-refractivity contribution in [3.05, 3.63) is 22.7 Å². The van der Waals surface area contributed by atoms with Gasteiger partial charge in [0, 0.05) is 6.20 Å². The molecule has 14 heavy (non-hydrogen) atoms. The van der Waals surface area contributed by atoms with Gasteiger partial charge in [0.15, 0.2) is 10.3 Å². The normalized spacial score (nSPS) is 10.6. The summed E-state index contributed by atoms with van der Waals surface area (Å²) in [7, 11) is 0. The number of aromatic nitrogens is 3. The van der Waals surface area contributed by atoms with Crippen LogP contribution in [0.4, 0.5) is 5.82 Å². The molecule has 0 saturated heterocycles. The Morgan fingerprint density at radius 2 is 2.29 bits per heavy atom. The number of carboxylic acids is 1. The van der Waals surface area contributed by atoms with Gasteiger partial charge in [-0.2, -0.15) is 0 Å². The van der Waals surface area contributed by atoms with Crippen LogP contribution in [0.5, 0.6) is 0 Å². The molecule has 0 aliphatic heterocycles. The molecule has 3 N–H and O–H groups in total. The summed E-state index contributed by atoms with van der Waals surface area (Å²) in [6, 6.07) is 0. The summed E-state index contributed by atoms with van der Waals surface area (Å²) >= 11 is 3.17. The Kier molecular flexibility index (Phi) is 1.88. The highest BCUT2D eigenvalue weighted by Crippen LogP contribution is 2.18. The fourth-order valence-corrected chi connectivity index (χ4v) is 1.48. The third-order valence-electron chi connectivity index (χ3n) is 1.78. The molecule has 0 aromatic carbocycles. The van der Waals surface area contributed by atoms with E-state index in [4.69, 9.17) is 10.8 Å². The molecule has 6 nitrogen and oxygen atoms in total. The van der Waals surface area contributed by atoms with Crippen LogP contribution in [0.1, 0.15) is 10.4 Å². The van der Waals surface area contributed by atoms with E-state index in [-0.39, 0.29) is 11.4 Å². The molecule has 0 atom stereocenters. The van der Waals surface area contributed by atoms with Crippen LogP contribution in [0, 0.1) is 0 Å². The van der Waals surface area contributed by atoms with Gasteiger partial charge in [0.2, 0.25) is 0 Å². The summed E-state index contributed by atoms with van der Waals surface area (Å²) in [5.41, 5.74) is 6.07. The number of hydrogen-bond donors (Lipinski definition) is 2. The predicted molar refractivity (Wildman–Crippen MR) is 52.1 cm³/mol. The summed E-state index contributed by atoms with van der Waals surface area (Å²) in [5.74, 6) is -0.998. The van der Waals surface area contributed by atoms with Crippen LogP contribution < -0.4 is 5.73 Å². The van der Waals surface area contributed by atoms with Crippen molar-refractivity contribution in [1.29, 1.82) is 0 Å². The number of anilines is 1. The molecule has 0 aliphatic rings. The lowest BCUT2D eigenvalue weighted by molar-refractivity contribution is 0.0697. The van der Waals surface area contributed by atoms with Gasteiger partial charge in [-0.1, -0.05) is 0 Å². The van der Waals surface area contributed by atoms with Crippen molar-refractivity contribution in [2.75, 3.05) is 5.73 Å². The van der Waals surface area contributed by atoms with Gasteiger partial charge in [-0.15, -0.1) is 0 Å². The Labute approximate surface area is 86.5 Å². The number of hydrogen-bond acceptors (Lipinski definition) is 4. The molecule has 2 aromatic heterocycles. The Balaban J connectivity index is 2.82. The minimum Gasteiger partial charge on any atom is -0.478 e. The first-order valence-electron chi connectivity index (χ1n) is 3.61. The highest BCUT2D eigenvalue weighted by atomic mass is 79.9. The molecule has 72 valence electrons. The van der Waals surface area contributed by atoms with E-state index in [1.165, 1.54) is 16.9 Å². The maximum Gasteiger partial charge on any atom is 0.340 e. The van der Waals surface area contributed by atoms with E-state index in [0.29, 0.717) is 10.3 Å². The molecular formula is C7H5BrN4O2. The highest BCUT2D eigenvalue weighted by molar-refractivity contribution is 9.10. The van der Waals surface area contributed by atoms with Crippen LogP contribution in [-0.4, -0.2) is 25.4 Å². The van der Waals surface area contributed by atoms with Gasteiger partial charge in [0.05, 0.1) is 0 Å². The number of rotatable bonds is 1. The van der Waals surface area contributed by atoms with Crippen LogP contribution in [0.3, 0.4) is 0 Å². The molecule has 0 saturated carbocycles. The summed E-state index contributed by atoms with van der Waals surface area (Å²) in [6.07, 6.45) is 2.62. The van der Waals surface area contributed by atoms with Crippen molar-refractivity contribution in [3.8, 4) is 0 Å². The molecule has 0 unspecified atom stereocenters. The Hall–Kier alpha value is -1.63. The van der Waals surface area contributed by atoms with E-state index in [1.54, 1.807) is 0 Å². The maximum atomic E-state index is 10.7. The number of carboxylic acid groups (broad SMARTS) is 1. The van der Waals surface area contributed by atoms with Crippen LogP contribution in [-0.2, 0) is 0 Å². The number of halogens is 1. The topological polar surface area (TPSA) is 93.5 Å². The largest absolute Gasteiger partial charge is 0.478 e. The number of imidazole rings is 1. The number of nitrogen functional groups attached to an aromatic ring is 1. The Morgan fingerprint density at radius 1 is 1.57 bits per heavy atom. The number of nitrogens with two attached hydrogens (primary N) is 1. The van der Waals surface area contributed by atoms with Gasteiger partial charge in [0.1, 0.15) is 17.7 Å². The fraction of sp³-hybridized carbons (Fsp3) is 0. The summed E-state index contributed by atoms with van der Waals surface area (Å²) < 4.78 is 1.94. The second-order valence-corrected chi connectivity index (χ2v) is 3.34. The zero-order valence-electron chi connectivity index (χ0n) is 6.81. The molecule has 0 fully saturated rings. The number of carbonyl (C=O) groups is 1. The van der Waals surface area contributed by atoms with Gasteiger partial charge in [0.25, 0.3) is 0 Å². The molecule has 2 rings (SSSR count). The number of fused-ring (bicyclic) bond motifs is 1. The first-order valence-corrected chi connectivity index (χ1v) is 4.41. The third-order valence-corrected chi connectivity index (χ3v) is 2.34. The standard InChI is InChI=1S/C7H5BrN4O2/c8-4-6-10-1-3(7(13)14)5(9)12(6)2-11-4/h1-2H,9H2,(H,13,14). The lowest BCUT2D eigenvalue weighted by atomic mass is 10.3. The zero-order valence-corrected chi connectivity index (χ0v) is 8.39. The predicted octanol–water partition coefficient (Wildman–Crippen LogP) is 0.772. The second-order valence-electron chi connectivity index (χ2n) is 2.59. The molecule has 7 heteroatoms. The molecular weight excluding hydrogens is 252 g/mol. The third kappa shape index (κ3) is 1.13. The molecule has 0 aliphatic carbocycles. The van der Waals surface area contributed by atoms with Gasteiger partial charge >= 0.3 is 5.97 Å². The highest BCUT2D eigenvalue weighted by Gasteiger charge is 2.13. The lowest BCUT2D eigenvalue weighted by Crippen LogP contribution is -2.08. The maximum absolute atomic E-state index is 10.7. The summed E-state index contributed by atoms with van der Waals surface area (Å²) in [5, 5.41) is 8.77. The van der Waals surface area contributed by atoms with Crippen molar-refractivity contribution in [1.82, 2.24) is 14.4 Å². The van der Waals surface area contributed by atoms with E-state index >= 15 is 0 Å². The molecule has 0 radical (unpaired) electrons. The van der Waals surface area contributed by atoms with Crippen molar-refractivity contribution in [2.45, 2.75) is 0 Å². The lowest BCUT2D eigenvalue weighted by Gasteiger charge is -2.02. The van der Waals surface area contributed by atoms with E-state index in [2.05, 4.69) is 25.9 Å². The van der Waals surface area contributed by atoms with Crippen LogP contribution >= 0.6 is 15.9 Å². The first kappa shape index (κ1) is 8.95. The average Bonchev–Trinajstić information content (AvgIpc) is 2.49. The monoisotopic (exact) mass is 256 g/mol. The molecule has 0 spiro atoms. The van der Waals surface area contributed by atoms with Crippen LogP contribution in [0.15, 0.2) is 17.1 Å². The molecule has 2 heterocycles. The van der Waals surface area contributed by atoms with Crippen molar-refractivity contribution in [3.63, 3.8) is 0 Å². The van der Waals surface area contributed by atoms with E-state index in [0.717, 1.165) is 0 Å². The molecule has 0 bridgehead atoms. The quantitative estimate of drug-likeness (QED) is 0.786. The minimum absolute atomic E-state index is 0.0394. The van der Waals surface area contributed by atoms with Gasteiger partial charge in [-0.3, -0.25) is 4.40 Å². The van der Waals surface area contributed by atoms with Crippen molar-refractivity contribution >= 4 is 33.4 Å². The Bertz CT molecular complexity index is 522. The number of aromatic carboxylic acids is 1. The zero-order chi connectivity index (χ0) is 10.3. The fourth-order valence-electron chi connectivity index (χ4n) is 1.10. The van der Waals surface area contributed by atoms with E-state index in [1.807, 2.05) is 0 Å². The second kappa shape index (κ2) is 2.95. The van der Waals surface area contributed by atoms with E-state index < -0.39 is 5.97 Å². The van der Waals surface area contributed by atoms with E-state index in [9.17, 15) is 4.79 Å². The van der Waals surface area contributed by atoms with Crippen LogP contribution in [0.2, 0.25) is 0 Å². The van der Waals surface area contributed by atoms with Crippen molar-refractivity contribution in [2.24, 2.45) is 0 Å². The molecule has 2 aromatic rings.